The molecule has 8 heteroatoms. The molecular weight excluding hydrogens is 339 g/mol. The zero-order valence-electron chi connectivity index (χ0n) is 11.9. The van der Waals surface area contributed by atoms with Crippen LogP contribution in [0.2, 0.25) is 0 Å². The number of nitrogens with zero attached hydrogens (tertiary/aromatic N) is 1. The van der Waals surface area contributed by atoms with Gasteiger partial charge in [-0.1, -0.05) is 0 Å². The minimum Gasteiger partial charge on any atom is -0.870 e. The first-order valence-electron chi connectivity index (χ1n) is 5.86. The summed E-state index contributed by atoms with van der Waals surface area (Å²) in [7, 11) is 0. The van der Waals surface area contributed by atoms with Gasteiger partial charge < -0.3 is 16.4 Å². The summed E-state index contributed by atoms with van der Waals surface area (Å²) >= 11 is 1.99. The van der Waals surface area contributed by atoms with Crippen molar-refractivity contribution < 1.29 is 30.8 Å². The summed E-state index contributed by atoms with van der Waals surface area (Å²) < 4.78 is 5.91. The van der Waals surface area contributed by atoms with E-state index in [2.05, 4.69) is 0 Å². The van der Waals surface area contributed by atoms with Crippen molar-refractivity contribution in [3.05, 3.63) is 24.3 Å². The monoisotopic (exact) mass is 359 g/mol. The summed E-state index contributed by atoms with van der Waals surface area (Å²) in [6.45, 7) is 4.42. The zero-order valence-corrected chi connectivity index (χ0v) is 14.0. The summed E-state index contributed by atoms with van der Waals surface area (Å²) in [5.41, 5.74) is 0.803. The van der Waals surface area contributed by atoms with E-state index in [1.165, 1.54) is 0 Å². The fraction of sp³-hybridized carbons (Fsp3) is 0.385. The second-order valence-corrected chi connectivity index (χ2v) is 4.88. The molecule has 0 fully saturated rings. The molecule has 21 heavy (non-hydrogen) atoms. The van der Waals surface area contributed by atoms with E-state index in [0.29, 0.717) is 13.2 Å². The van der Waals surface area contributed by atoms with Crippen molar-refractivity contribution in [1.29, 1.82) is 0 Å². The van der Waals surface area contributed by atoms with Gasteiger partial charge in [-0.25, -0.2) is 0 Å². The standard InChI is InChI=1S/C13H16GeNO3.3H2O/c1-3-15(11-7-5-10(14)6-8-11)12(16)9-13(17)18-4-2;;;/h5-8H,3-4,9H2,1-2H3;3*1H2/q+3;;;/p-3. The van der Waals surface area contributed by atoms with Crippen molar-refractivity contribution in [3.63, 3.8) is 0 Å². The van der Waals surface area contributed by atoms with Crippen LogP contribution in [0.1, 0.15) is 20.3 Å². The molecule has 0 aliphatic rings. The third-order valence-electron chi connectivity index (χ3n) is 2.40. The molecule has 0 radical (unpaired) electrons. The van der Waals surface area contributed by atoms with Gasteiger partial charge in [0, 0.05) is 0 Å². The van der Waals surface area contributed by atoms with Gasteiger partial charge in [-0.2, -0.15) is 0 Å². The van der Waals surface area contributed by atoms with Crippen LogP contribution in [-0.4, -0.2) is 58.0 Å². The van der Waals surface area contributed by atoms with Crippen molar-refractivity contribution in [3.8, 4) is 0 Å². The first-order valence-corrected chi connectivity index (χ1v) is 6.91. The van der Waals surface area contributed by atoms with Crippen LogP contribution < -0.4 is 9.30 Å². The Morgan fingerprint density at radius 1 is 1.10 bits per heavy atom. The van der Waals surface area contributed by atoms with Crippen molar-refractivity contribution in [1.82, 2.24) is 0 Å². The topological polar surface area (TPSA) is 137 Å². The van der Waals surface area contributed by atoms with Crippen LogP contribution in [0, 0.1) is 0 Å². The Balaban J connectivity index is -0.00000108. The molecule has 1 rings (SSSR count). The molecule has 1 amide bonds. The normalized spacial score (nSPS) is 8.57. The number of benzene rings is 1. The summed E-state index contributed by atoms with van der Waals surface area (Å²) in [4.78, 5) is 24.8. The smallest absolute Gasteiger partial charge is 0.870 e. The molecule has 0 saturated carbocycles. The molecule has 0 aliphatic carbocycles. The van der Waals surface area contributed by atoms with E-state index in [1.807, 2.05) is 47.7 Å². The van der Waals surface area contributed by atoms with E-state index in [1.54, 1.807) is 11.8 Å². The van der Waals surface area contributed by atoms with E-state index >= 15 is 0 Å². The van der Waals surface area contributed by atoms with Gasteiger partial charge in [0.05, 0.1) is 0 Å². The maximum atomic E-state index is 12.0. The maximum Gasteiger partial charge on any atom is -0.870 e. The van der Waals surface area contributed by atoms with Gasteiger partial charge >= 0.3 is 115 Å². The first kappa shape index (κ1) is 24.6. The molecule has 7 nitrogen and oxygen atoms in total. The Hall–Kier alpha value is -1.42. The third kappa shape index (κ3) is 7.81. The van der Waals surface area contributed by atoms with E-state index in [-0.39, 0.29) is 28.8 Å². The largest absolute Gasteiger partial charge is 0.870 e. The van der Waals surface area contributed by atoms with E-state index < -0.39 is 5.97 Å². The number of rotatable bonds is 5. The van der Waals surface area contributed by atoms with Crippen LogP contribution in [0.4, 0.5) is 5.69 Å². The summed E-state index contributed by atoms with van der Waals surface area (Å²) in [5.74, 6) is -0.715. The SMILES string of the molecule is CCOC(=O)CC(=O)N(CC)c1cc[c]([Ge+3])cc1.[OH-].[OH-].[OH-]. The molecule has 0 unspecified atom stereocenters. The van der Waals surface area contributed by atoms with Crippen LogP contribution >= 0.6 is 0 Å². The van der Waals surface area contributed by atoms with Gasteiger partial charge in [0.25, 0.3) is 0 Å². The van der Waals surface area contributed by atoms with Crippen LogP contribution in [0.15, 0.2) is 24.3 Å². The van der Waals surface area contributed by atoms with Crippen LogP contribution in [0.3, 0.4) is 0 Å². The van der Waals surface area contributed by atoms with E-state index in [0.717, 1.165) is 10.1 Å². The molecule has 1 aromatic rings. The molecule has 0 spiro atoms. The van der Waals surface area contributed by atoms with Crippen molar-refractivity contribution >= 4 is 38.5 Å². The number of esters is 1. The van der Waals surface area contributed by atoms with Crippen molar-refractivity contribution in [2.24, 2.45) is 0 Å². The number of carbonyl (C=O) groups is 2. The fourth-order valence-corrected chi connectivity index (χ4v) is 1.92. The second-order valence-electron chi connectivity index (χ2n) is 3.67. The van der Waals surface area contributed by atoms with Gasteiger partial charge in [0.15, 0.2) is 0 Å². The van der Waals surface area contributed by atoms with E-state index in [4.69, 9.17) is 4.74 Å². The average molecular weight is 358 g/mol. The fourth-order valence-electron chi connectivity index (χ4n) is 1.58. The minimum absolute atomic E-state index is 0. The molecule has 116 valence electrons. The van der Waals surface area contributed by atoms with Crippen LogP contribution in [0.5, 0.6) is 0 Å². The number of ether oxygens (including phenoxy) is 1. The molecule has 0 atom stereocenters. The number of hydrogen-bond acceptors (Lipinski definition) is 6. The van der Waals surface area contributed by atoms with Gasteiger partial charge in [0.1, 0.15) is 0 Å². The summed E-state index contributed by atoms with van der Waals surface area (Å²) in [6.07, 6.45) is -0.213. The number of hydrogen-bond donors (Lipinski definition) is 0. The Kier molecular flexibility index (Phi) is 14.4. The van der Waals surface area contributed by atoms with Crippen molar-refractivity contribution in [2.75, 3.05) is 18.1 Å². The first-order chi connectivity index (χ1) is 8.58. The Labute approximate surface area is 132 Å². The molecule has 0 saturated heterocycles. The Bertz CT molecular complexity index is 423. The van der Waals surface area contributed by atoms with Gasteiger partial charge in [0.2, 0.25) is 0 Å². The average Bonchev–Trinajstić information content (AvgIpc) is 2.32. The number of carbonyl (C=O) groups excluding carboxylic acids is 2. The zero-order chi connectivity index (χ0) is 13.5. The van der Waals surface area contributed by atoms with Gasteiger partial charge in [-0.05, 0) is 0 Å². The van der Waals surface area contributed by atoms with Crippen LogP contribution in [0.25, 0.3) is 0 Å². The Morgan fingerprint density at radius 3 is 2.05 bits per heavy atom. The molecule has 0 heterocycles. The Morgan fingerprint density at radius 2 is 1.62 bits per heavy atom. The third-order valence-corrected chi connectivity index (χ3v) is 3.10. The predicted octanol–water partition coefficient (Wildman–Crippen LogP) is 0.256. The molecule has 3 N–H and O–H groups in total. The molecule has 0 aliphatic heterocycles. The van der Waals surface area contributed by atoms with Gasteiger partial charge in [-0.15, -0.1) is 0 Å². The summed E-state index contributed by atoms with van der Waals surface area (Å²) in [5, 5.41) is 0. The minimum atomic E-state index is -0.479. The predicted molar refractivity (Wildman–Crippen MR) is 76.9 cm³/mol. The second kappa shape index (κ2) is 12.3. The van der Waals surface area contributed by atoms with Crippen molar-refractivity contribution in [2.45, 2.75) is 20.3 Å². The number of amides is 1. The molecule has 0 bridgehead atoms. The molecule has 1 aromatic carbocycles. The molecular formula is C13H19GeNO6. The van der Waals surface area contributed by atoms with Gasteiger partial charge in [-0.3, -0.25) is 0 Å². The maximum absolute atomic E-state index is 12.0. The summed E-state index contributed by atoms with van der Waals surface area (Å²) in [6, 6.07) is 7.63. The quantitative estimate of drug-likeness (QED) is 0.421. The number of anilines is 1. The van der Waals surface area contributed by atoms with E-state index in [9.17, 15) is 9.59 Å². The van der Waals surface area contributed by atoms with Crippen LogP contribution in [-0.2, 0) is 14.3 Å². The molecule has 0 aromatic heterocycles.